The van der Waals surface area contributed by atoms with Crippen molar-refractivity contribution in [1.82, 2.24) is 14.4 Å². The summed E-state index contributed by atoms with van der Waals surface area (Å²) in [4.78, 5) is 7.53. The van der Waals surface area contributed by atoms with Gasteiger partial charge in [0.05, 0.1) is 0 Å². The molecule has 0 saturated heterocycles. The van der Waals surface area contributed by atoms with Crippen LogP contribution in [0, 0.1) is 6.92 Å². The molecule has 0 aromatic carbocycles. The highest BCUT2D eigenvalue weighted by atomic mass is 15.0. The molecule has 0 aliphatic heterocycles. The monoisotopic (exact) mass is 171 g/mol. The van der Waals surface area contributed by atoms with Gasteiger partial charge in [-0.3, -0.25) is 4.40 Å². The first-order chi connectivity index (χ1) is 6.34. The third-order valence-corrected chi connectivity index (χ3v) is 2.28. The van der Waals surface area contributed by atoms with Gasteiger partial charge in [0.1, 0.15) is 11.3 Å². The zero-order valence-electron chi connectivity index (χ0n) is 7.28. The number of fused-ring (bicyclic) bond motifs is 3. The standard InChI is InChI=1S/C10H9N3/c1-7-6-8-2-3-9-11-4-5-13(9)10(8)12-7/h2-6,12H,1H3. The minimum absolute atomic E-state index is 0.981. The fraction of sp³-hybridized carbons (Fsp3) is 0.100. The summed E-state index contributed by atoms with van der Waals surface area (Å²) < 4.78 is 2.06. The van der Waals surface area contributed by atoms with Gasteiger partial charge in [0.15, 0.2) is 0 Å². The van der Waals surface area contributed by atoms with E-state index in [1.54, 1.807) is 0 Å². The largest absolute Gasteiger partial charge is 0.345 e. The van der Waals surface area contributed by atoms with Gasteiger partial charge in [-0.2, -0.15) is 0 Å². The SMILES string of the molecule is Cc1cc2ccc3nccn3c2[nH]1. The smallest absolute Gasteiger partial charge is 0.138 e. The van der Waals surface area contributed by atoms with E-state index in [9.17, 15) is 0 Å². The molecule has 3 aromatic rings. The van der Waals surface area contributed by atoms with Crippen molar-refractivity contribution in [1.29, 1.82) is 0 Å². The van der Waals surface area contributed by atoms with Gasteiger partial charge in [-0.25, -0.2) is 4.98 Å². The molecule has 0 bridgehead atoms. The molecule has 0 saturated carbocycles. The molecule has 3 aromatic heterocycles. The number of aromatic nitrogens is 3. The second-order valence-electron chi connectivity index (χ2n) is 3.25. The minimum Gasteiger partial charge on any atom is -0.345 e. The van der Waals surface area contributed by atoms with Crippen LogP contribution in [0.2, 0.25) is 0 Å². The van der Waals surface area contributed by atoms with Gasteiger partial charge >= 0.3 is 0 Å². The number of H-pyrrole nitrogens is 1. The summed E-state index contributed by atoms with van der Waals surface area (Å²) in [6.07, 6.45) is 3.78. The Hall–Kier alpha value is -1.77. The highest BCUT2D eigenvalue weighted by Crippen LogP contribution is 2.16. The fourth-order valence-electron chi connectivity index (χ4n) is 1.71. The van der Waals surface area contributed by atoms with Crippen LogP contribution in [-0.4, -0.2) is 14.4 Å². The van der Waals surface area contributed by atoms with E-state index in [1.807, 2.05) is 18.5 Å². The van der Waals surface area contributed by atoms with E-state index < -0.39 is 0 Å². The van der Waals surface area contributed by atoms with Crippen molar-refractivity contribution >= 4 is 16.7 Å². The zero-order chi connectivity index (χ0) is 8.84. The van der Waals surface area contributed by atoms with Crippen molar-refractivity contribution in [2.45, 2.75) is 6.92 Å². The summed E-state index contributed by atoms with van der Waals surface area (Å²) in [5.74, 6) is 0. The predicted molar refractivity (Wildman–Crippen MR) is 51.8 cm³/mol. The number of aromatic amines is 1. The van der Waals surface area contributed by atoms with E-state index in [4.69, 9.17) is 0 Å². The Morgan fingerprint density at radius 1 is 1.38 bits per heavy atom. The van der Waals surface area contributed by atoms with Crippen molar-refractivity contribution in [3.05, 3.63) is 36.3 Å². The van der Waals surface area contributed by atoms with E-state index >= 15 is 0 Å². The molecule has 0 fully saturated rings. The molecule has 3 nitrogen and oxygen atoms in total. The number of pyridine rings is 1. The molecule has 13 heavy (non-hydrogen) atoms. The van der Waals surface area contributed by atoms with Crippen molar-refractivity contribution in [3.63, 3.8) is 0 Å². The average Bonchev–Trinajstić information content (AvgIpc) is 2.65. The summed E-state index contributed by atoms with van der Waals surface area (Å²) in [7, 11) is 0. The van der Waals surface area contributed by atoms with Crippen LogP contribution in [0.15, 0.2) is 30.6 Å². The van der Waals surface area contributed by atoms with Crippen LogP contribution in [0.3, 0.4) is 0 Å². The van der Waals surface area contributed by atoms with Crippen molar-refractivity contribution in [2.24, 2.45) is 0 Å². The second kappa shape index (κ2) is 2.13. The highest BCUT2D eigenvalue weighted by Gasteiger charge is 2.01. The molecule has 0 radical (unpaired) electrons. The molecule has 0 amide bonds. The first-order valence-electron chi connectivity index (χ1n) is 4.26. The Kier molecular flexibility index (Phi) is 1.10. The second-order valence-corrected chi connectivity index (χ2v) is 3.25. The Morgan fingerprint density at radius 3 is 3.23 bits per heavy atom. The number of nitrogens with zero attached hydrogens (tertiary/aromatic N) is 2. The van der Waals surface area contributed by atoms with Crippen LogP contribution in [0.25, 0.3) is 16.7 Å². The molecule has 1 N–H and O–H groups in total. The van der Waals surface area contributed by atoms with Gasteiger partial charge in [-0.15, -0.1) is 0 Å². The van der Waals surface area contributed by atoms with E-state index in [2.05, 4.69) is 33.4 Å². The lowest BCUT2D eigenvalue weighted by Gasteiger charge is -1.94. The van der Waals surface area contributed by atoms with E-state index in [1.165, 1.54) is 11.1 Å². The zero-order valence-corrected chi connectivity index (χ0v) is 7.28. The molecule has 64 valence electrons. The molecule has 0 aliphatic carbocycles. The summed E-state index contributed by atoms with van der Waals surface area (Å²) in [6, 6.07) is 6.24. The molecule has 3 heteroatoms. The molecule has 0 unspecified atom stereocenters. The lowest BCUT2D eigenvalue weighted by atomic mass is 10.3. The van der Waals surface area contributed by atoms with E-state index in [0.717, 1.165) is 11.3 Å². The maximum absolute atomic E-state index is 4.22. The third kappa shape index (κ3) is 0.811. The number of hydrogen-bond acceptors (Lipinski definition) is 1. The molecule has 3 rings (SSSR count). The maximum Gasteiger partial charge on any atom is 0.138 e. The third-order valence-electron chi connectivity index (χ3n) is 2.28. The van der Waals surface area contributed by atoms with Crippen LogP contribution in [-0.2, 0) is 0 Å². The van der Waals surface area contributed by atoms with Gasteiger partial charge in [0, 0.05) is 23.5 Å². The van der Waals surface area contributed by atoms with Crippen molar-refractivity contribution < 1.29 is 0 Å². The number of imidazole rings is 1. The van der Waals surface area contributed by atoms with Crippen LogP contribution < -0.4 is 0 Å². The molecule has 3 heterocycles. The lowest BCUT2D eigenvalue weighted by Crippen LogP contribution is -1.84. The summed E-state index contributed by atoms with van der Waals surface area (Å²) >= 11 is 0. The Morgan fingerprint density at radius 2 is 2.31 bits per heavy atom. The fourth-order valence-corrected chi connectivity index (χ4v) is 1.71. The summed E-state index contributed by atoms with van der Waals surface area (Å²) in [6.45, 7) is 2.06. The Labute approximate surface area is 75.0 Å². The quantitative estimate of drug-likeness (QED) is 0.552. The molecule has 0 spiro atoms. The topological polar surface area (TPSA) is 33.1 Å². The van der Waals surface area contributed by atoms with Gasteiger partial charge in [-0.05, 0) is 25.1 Å². The maximum atomic E-state index is 4.22. The van der Waals surface area contributed by atoms with Gasteiger partial charge in [0.2, 0.25) is 0 Å². The first-order valence-corrected chi connectivity index (χ1v) is 4.26. The van der Waals surface area contributed by atoms with Gasteiger partial charge in [0.25, 0.3) is 0 Å². The normalized spacial score (nSPS) is 11.5. The predicted octanol–water partition coefficient (Wildman–Crippen LogP) is 2.12. The summed E-state index contributed by atoms with van der Waals surface area (Å²) in [5.41, 5.74) is 3.28. The number of hydrogen-bond donors (Lipinski definition) is 1. The summed E-state index contributed by atoms with van der Waals surface area (Å²) in [5, 5.41) is 1.23. The number of aryl methyl sites for hydroxylation is 1. The van der Waals surface area contributed by atoms with Crippen LogP contribution in [0.1, 0.15) is 5.69 Å². The highest BCUT2D eigenvalue weighted by molar-refractivity contribution is 5.79. The van der Waals surface area contributed by atoms with Gasteiger partial charge < -0.3 is 4.98 Å². The minimum atomic E-state index is 0.981. The van der Waals surface area contributed by atoms with Crippen molar-refractivity contribution in [2.75, 3.05) is 0 Å². The van der Waals surface area contributed by atoms with Crippen molar-refractivity contribution in [3.8, 4) is 0 Å². The first kappa shape index (κ1) is 6.71. The Bertz CT molecular complexity index is 574. The number of nitrogens with one attached hydrogen (secondary N) is 1. The molecule has 0 aliphatic rings. The lowest BCUT2D eigenvalue weighted by molar-refractivity contribution is 1.18. The molecular formula is C10H9N3. The van der Waals surface area contributed by atoms with Gasteiger partial charge in [-0.1, -0.05) is 0 Å². The van der Waals surface area contributed by atoms with Crippen LogP contribution in [0.5, 0.6) is 0 Å². The number of rotatable bonds is 0. The van der Waals surface area contributed by atoms with Crippen LogP contribution >= 0.6 is 0 Å². The Balaban J connectivity index is 2.64. The molecule has 0 atom stereocenters. The van der Waals surface area contributed by atoms with E-state index in [0.29, 0.717) is 0 Å². The molecular weight excluding hydrogens is 162 g/mol. The van der Waals surface area contributed by atoms with Crippen LogP contribution in [0.4, 0.5) is 0 Å². The average molecular weight is 171 g/mol. The van der Waals surface area contributed by atoms with E-state index in [-0.39, 0.29) is 0 Å².